The van der Waals surface area contributed by atoms with Crippen molar-refractivity contribution in [2.24, 2.45) is 0 Å². The van der Waals surface area contributed by atoms with Gasteiger partial charge in [0.2, 0.25) is 0 Å². The molecule has 2 heteroatoms. The van der Waals surface area contributed by atoms with Gasteiger partial charge in [0.25, 0.3) is 0 Å². The monoisotopic (exact) mass is 181 g/mol. The second kappa shape index (κ2) is 5.09. The fourth-order valence-corrected chi connectivity index (χ4v) is 1.82. The standard InChI is InChI=1S/C10H15NS/c1-3-5-6-7-9-8-12-10(4-2)11-9/h3,5-8,10-11H,4H2,1-2H3/b5-3-,7-6-/t10-/m0/s1. The second-order valence-electron chi connectivity index (χ2n) is 2.64. The van der Waals surface area contributed by atoms with E-state index in [4.69, 9.17) is 0 Å². The summed E-state index contributed by atoms with van der Waals surface area (Å²) in [7, 11) is 0. The third-order valence-corrected chi connectivity index (χ3v) is 2.81. The lowest BCUT2D eigenvalue weighted by Crippen LogP contribution is -2.17. The van der Waals surface area contributed by atoms with Crippen LogP contribution in [-0.2, 0) is 0 Å². The van der Waals surface area contributed by atoms with Crippen LogP contribution in [0.3, 0.4) is 0 Å². The maximum Gasteiger partial charge on any atom is 0.0761 e. The Morgan fingerprint density at radius 2 is 2.42 bits per heavy atom. The summed E-state index contributed by atoms with van der Waals surface area (Å²) in [6.07, 6.45) is 9.38. The summed E-state index contributed by atoms with van der Waals surface area (Å²) in [5.41, 5.74) is 1.23. The minimum Gasteiger partial charge on any atom is -0.373 e. The summed E-state index contributed by atoms with van der Waals surface area (Å²) in [4.78, 5) is 0. The van der Waals surface area contributed by atoms with Crippen molar-refractivity contribution in [1.82, 2.24) is 5.32 Å². The van der Waals surface area contributed by atoms with Crippen LogP contribution in [0.15, 0.2) is 35.4 Å². The number of hydrogen-bond acceptors (Lipinski definition) is 2. The molecule has 0 aliphatic carbocycles. The van der Waals surface area contributed by atoms with Crippen LogP contribution in [0.1, 0.15) is 20.3 Å². The highest BCUT2D eigenvalue weighted by atomic mass is 32.2. The molecular formula is C10H15NS. The molecule has 0 saturated carbocycles. The van der Waals surface area contributed by atoms with Crippen LogP contribution in [0.5, 0.6) is 0 Å². The normalized spacial score (nSPS) is 23.5. The fourth-order valence-electron chi connectivity index (χ4n) is 0.965. The molecular weight excluding hydrogens is 166 g/mol. The number of nitrogens with one attached hydrogen (secondary N) is 1. The molecule has 1 atom stereocenters. The summed E-state index contributed by atoms with van der Waals surface area (Å²) in [5.74, 6) is 0. The van der Waals surface area contributed by atoms with Gasteiger partial charge in [0.1, 0.15) is 0 Å². The zero-order valence-electron chi connectivity index (χ0n) is 7.58. The minimum absolute atomic E-state index is 0.579. The molecule has 1 aliphatic rings. The smallest absolute Gasteiger partial charge is 0.0761 e. The Balaban J connectivity index is 2.36. The average Bonchev–Trinajstić information content (AvgIpc) is 2.53. The van der Waals surface area contributed by atoms with E-state index in [0.717, 1.165) is 0 Å². The van der Waals surface area contributed by atoms with Gasteiger partial charge in [0.05, 0.1) is 5.37 Å². The maximum absolute atomic E-state index is 3.40. The molecule has 1 rings (SSSR count). The van der Waals surface area contributed by atoms with Gasteiger partial charge < -0.3 is 5.32 Å². The first-order chi connectivity index (χ1) is 5.86. The highest BCUT2D eigenvalue weighted by molar-refractivity contribution is 8.02. The molecule has 0 radical (unpaired) electrons. The Bertz CT molecular complexity index is 216. The lowest BCUT2D eigenvalue weighted by molar-refractivity contribution is 0.745. The molecule has 1 nitrogen and oxygen atoms in total. The largest absolute Gasteiger partial charge is 0.373 e. The third-order valence-electron chi connectivity index (χ3n) is 1.64. The molecule has 0 unspecified atom stereocenters. The van der Waals surface area contributed by atoms with Gasteiger partial charge in [-0.05, 0) is 24.8 Å². The minimum atomic E-state index is 0.579. The average molecular weight is 181 g/mol. The SMILES string of the molecule is C/C=C\C=C/C1=CS[C@@H](CC)N1. The van der Waals surface area contributed by atoms with Crippen molar-refractivity contribution >= 4 is 11.8 Å². The molecule has 12 heavy (non-hydrogen) atoms. The van der Waals surface area contributed by atoms with Crippen molar-refractivity contribution < 1.29 is 0 Å². The molecule has 66 valence electrons. The quantitative estimate of drug-likeness (QED) is 0.672. The van der Waals surface area contributed by atoms with E-state index in [-0.39, 0.29) is 0 Å². The van der Waals surface area contributed by atoms with Crippen LogP contribution in [-0.4, -0.2) is 5.37 Å². The predicted molar refractivity (Wildman–Crippen MR) is 56.8 cm³/mol. The Hall–Kier alpha value is -0.630. The first kappa shape index (κ1) is 9.46. The Morgan fingerprint density at radius 3 is 3.00 bits per heavy atom. The van der Waals surface area contributed by atoms with E-state index in [0.29, 0.717) is 5.37 Å². The van der Waals surface area contributed by atoms with Crippen molar-refractivity contribution in [3.8, 4) is 0 Å². The van der Waals surface area contributed by atoms with Crippen molar-refractivity contribution in [1.29, 1.82) is 0 Å². The zero-order valence-corrected chi connectivity index (χ0v) is 8.40. The van der Waals surface area contributed by atoms with E-state index < -0.39 is 0 Å². The van der Waals surface area contributed by atoms with Crippen molar-refractivity contribution in [3.05, 3.63) is 35.4 Å². The van der Waals surface area contributed by atoms with Gasteiger partial charge in [-0.2, -0.15) is 0 Å². The van der Waals surface area contributed by atoms with E-state index in [9.17, 15) is 0 Å². The molecule has 0 aromatic heterocycles. The first-order valence-corrected chi connectivity index (χ1v) is 5.22. The lowest BCUT2D eigenvalue weighted by Gasteiger charge is -2.06. The van der Waals surface area contributed by atoms with Crippen LogP contribution in [0.4, 0.5) is 0 Å². The highest BCUT2D eigenvalue weighted by Gasteiger charge is 2.11. The van der Waals surface area contributed by atoms with Gasteiger partial charge in [-0.3, -0.25) is 0 Å². The van der Waals surface area contributed by atoms with Gasteiger partial charge in [-0.25, -0.2) is 0 Å². The zero-order chi connectivity index (χ0) is 8.81. The van der Waals surface area contributed by atoms with E-state index in [1.54, 1.807) is 0 Å². The second-order valence-corrected chi connectivity index (χ2v) is 3.71. The molecule has 0 saturated heterocycles. The van der Waals surface area contributed by atoms with Crippen LogP contribution < -0.4 is 5.32 Å². The summed E-state index contributed by atoms with van der Waals surface area (Å²) in [5, 5.41) is 6.16. The van der Waals surface area contributed by atoms with E-state index in [1.807, 2.05) is 30.8 Å². The number of rotatable bonds is 3. The molecule has 0 fully saturated rings. The maximum atomic E-state index is 3.40. The van der Waals surface area contributed by atoms with Crippen molar-refractivity contribution in [2.75, 3.05) is 0 Å². The molecule has 0 aromatic carbocycles. The number of thioether (sulfide) groups is 1. The Morgan fingerprint density at radius 1 is 1.58 bits per heavy atom. The number of allylic oxidation sites excluding steroid dienone is 4. The summed E-state index contributed by atoms with van der Waals surface area (Å²) in [6.45, 7) is 4.21. The van der Waals surface area contributed by atoms with Crippen LogP contribution >= 0.6 is 11.8 Å². The van der Waals surface area contributed by atoms with Gasteiger partial charge in [-0.15, -0.1) is 11.8 Å². The third kappa shape index (κ3) is 2.78. The first-order valence-electron chi connectivity index (χ1n) is 4.28. The van der Waals surface area contributed by atoms with Crippen molar-refractivity contribution in [3.63, 3.8) is 0 Å². The van der Waals surface area contributed by atoms with Gasteiger partial charge in [0.15, 0.2) is 0 Å². The van der Waals surface area contributed by atoms with Gasteiger partial charge in [-0.1, -0.05) is 25.2 Å². The van der Waals surface area contributed by atoms with Gasteiger partial charge in [0, 0.05) is 5.70 Å². The Labute approximate surface area is 78.6 Å². The van der Waals surface area contributed by atoms with Crippen LogP contribution in [0, 0.1) is 0 Å². The highest BCUT2D eigenvalue weighted by Crippen LogP contribution is 2.23. The summed E-state index contributed by atoms with van der Waals surface area (Å²) < 4.78 is 0. The topological polar surface area (TPSA) is 12.0 Å². The lowest BCUT2D eigenvalue weighted by atomic mass is 10.3. The molecule has 1 N–H and O–H groups in total. The molecule has 1 aliphatic heterocycles. The van der Waals surface area contributed by atoms with E-state index >= 15 is 0 Å². The summed E-state index contributed by atoms with van der Waals surface area (Å²) >= 11 is 1.86. The van der Waals surface area contributed by atoms with E-state index in [2.05, 4.69) is 29.8 Å². The van der Waals surface area contributed by atoms with Crippen molar-refractivity contribution in [2.45, 2.75) is 25.6 Å². The predicted octanol–water partition coefficient (Wildman–Crippen LogP) is 3.03. The van der Waals surface area contributed by atoms with E-state index in [1.165, 1.54) is 12.1 Å². The molecule has 0 amide bonds. The summed E-state index contributed by atoms with van der Waals surface area (Å²) in [6, 6.07) is 0. The Kier molecular flexibility index (Phi) is 4.01. The van der Waals surface area contributed by atoms with Crippen LogP contribution in [0.25, 0.3) is 0 Å². The molecule has 0 bridgehead atoms. The fraction of sp³-hybridized carbons (Fsp3) is 0.400. The van der Waals surface area contributed by atoms with Gasteiger partial charge >= 0.3 is 0 Å². The van der Waals surface area contributed by atoms with Crippen LogP contribution in [0.2, 0.25) is 0 Å². The molecule has 1 heterocycles. The number of hydrogen-bond donors (Lipinski definition) is 1. The molecule has 0 spiro atoms. The molecule has 0 aromatic rings.